The van der Waals surface area contributed by atoms with E-state index in [0.29, 0.717) is 35.2 Å². The van der Waals surface area contributed by atoms with Gasteiger partial charge in [-0.15, -0.1) is 0 Å². The number of aromatic nitrogens is 4. The zero-order valence-corrected chi connectivity index (χ0v) is 16.2. The van der Waals surface area contributed by atoms with Crippen LogP contribution < -0.4 is 16.1 Å². The first-order valence-electron chi connectivity index (χ1n) is 8.79. The molecule has 2 aromatic heterocycles. The average Bonchev–Trinajstić information content (AvgIpc) is 3.21. The van der Waals surface area contributed by atoms with Crippen LogP contribution in [-0.2, 0) is 20.1 Å². The predicted molar refractivity (Wildman–Crippen MR) is 107 cm³/mol. The lowest BCUT2D eigenvalue weighted by Gasteiger charge is -2.16. The molecule has 3 heterocycles. The van der Waals surface area contributed by atoms with Crippen molar-refractivity contribution in [3.05, 3.63) is 61.8 Å². The highest BCUT2D eigenvalue weighted by molar-refractivity contribution is 6.31. The Kier molecular flexibility index (Phi) is 4.19. The van der Waals surface area contributed by atoms with Gasteiger partial charge in [-0.3, -0.25) is 13.9 Å². The molecule has 3 aromatic rings. The molecule has 1 aromatic carbocycles. The maximum Gasteiger partial charge on any atom is 0.332 e. The van der Waals surface area contributed by atoms with Crippen molar-refractivity contribution < 1.29 is 0 Å². The van der Waals surface area contributed by atoms with Crippen LogP contribution in [0.5, 0.6) is 0 Å². The monoisotopic (exact) mass is 385 g/mol. The summed E-state index contributed by atoms with van der Waals surface area (Å²) in [6.07, 6.45) is 3.61. The maximum atomic E-state index is 13.0. The minimum absolute atomic E-state index is 0.246. The van der Waals surface area contributed by atoms with E-state index >= 15 is 0 Å². The van der Waals surface area contributed by atoms with Gasteiger partial charge in [0.25, 0.3) is 5.56 Å². The first-order valence-corrected chi connectivity index (χ1v) is 9.16. The summed E-state index contributed by atoms with van der Waals surface area (Å²) in [7, 11) is 1.64. The predicted octanol–water partition coefficient (Wildman–Crippen LogP) is 2.59. The summed E-state index contributed by atoms with van der Waals surface area (Å²) in [6.45, 7) is 5.36. The molecule has 0 saturated carbocycles. The molecule has 1 aliphatic rings. The van der Waals surface area contributed by atoms with Gasteiger partial charge in [0.2, 0.25) is 5.95 Å². The van der Waals surface area contributed by atoms with Gasteiger partial charge in [-0.1, -0.05) is 29.8 Å². The summed E-state index contributed by atoms with van der Waals surface area (Å²) in [6, 6.07) is 5.84. The topological polar surface area (TPSA) is 65.1 Å². The molecule has 0 N–H and O–H groups in total. The van der Waals surface area contributed by atoms with Gasteiger partial charge in [0.1, 0.15) is 0 Å². The van der Waals surface area contributed by atoms with E-state index in [9.17, 15) is 9.59 Å². The van der Waals surface area contributed by atoms with Crippen molar-refractivity contribution in [2.45, 2.75) is 26.9 Å². The maximum absolute atomic E-state index is 13.0. The largest absolute Gasteiger partial charge is 0.332 e. The summed E-state index contributed by atoms with van der Waals surface area (Å²) in [4.78, 5) is 32.2. The summed E-state index contributed by atoms with van der Waals surface area (Å²) < 4.78 is 4.56. The second-order valence-corrected chi connectivity index (χ2v) is 7.05. The SMILES string of the molecule is CC=CCn1c(=O)c2c(nc3n2CCN3c2ccc(C)c(Cl)c2)n(C)c1=O. The van der Waals surface area contributed by atoms with Gasteiger partial charge < -0.3 is 9.47 Å². The molecule has 0 aliphatic carbocycles. The van der Waals surface area contributed by atoms with E-state index in [4.69, 9.17) is 11.6 Å². The average molecular weight is 386 g/mol. The molecule has 0 radical (unpaired) electrons. The molecule has 27 heavy (non-hydrogen) atoms. The molecule has 140 valence electrons. The van der Waals surface area contributed by atoms with Gasteiger partial charge in [-0.2, -0.15) is 4.98 Å². The molecule has 1 aliphatic heterocycles. The van der Waals surface area contributed by atoms with E-state index in [0.717, 1.165) is 11.3 Å². The summed E-state index contributed by atoms with van der Waals surface area (Å²) >= 11 is 6.28. The lowest BCUT2D eigenvalue weighted by Crippen LogP contribution is -2.39. The Bertz CT molecular complexity index is 1200. The highest BCUT2D eigenvalue weighted by Crippen LogP contribution is 2.33. The summed E-state index contributed by atoms with van der Waals surface area (Å²) in [5.41, 5.74) is 2.10. The molecular formula is C19H20ClN5O2. The molecule has 0 fully saturated rings. The van der Waals surface area contributed by atoms with E-state index in [1.165, 1.54) is 9.13 Å². The number of anilines is 2. The highest BCUT2D eigenvalue weighted by atomic mass is 35.5. The Morgan fingerprint density at radius 2 is 2.04 bits per heavy atom. The molecular weight excluding hydrogens is 366 g/mol. The quantitative estimate of drug-likeness (QED) is 0.650. The zero-order chi connectivity index (χ0) is 19.3. The number of imidazole rings is 1. The zero-order valence-electron chi connectivity index (χ0n) is 15.4. The number of benzene rings is 1. The number of rotatable bonds is 3. The fourth-order valence-corrected chi connectivity index (χ4v) is 3.62. The van der Waals surface area contributed by atoms with E-state index < -0.39 is 0 Å². The van der Waals surface area contributed by atoms with Crippen LogP contribution in [0.3, 0.4) is 0 Å². The molecule has 7 nitrogen and oxygen atoms in total. The van der Waals surface area contributed by atoms with Crippen LogP contribution in [0.2, 0.25) is 5.02 Å². The summed E-state index contributed by atoms with van der Waals surface area (Å²) in [5, 5.41) is 0.683. The van der Waals surface area contributed by atoms with Crippen molar-refractivity contribution in [2.24, 2.45) is 7.05 Å². The molecule has 4 rings (SSSR count). The van der Waals surface area contributed by atoms with Crippen molar-refractivity contribution in [3.8, 4) is 0 Å². The van der Waals surface area contributed by atoms with Crippen LogP contribution in [0, 0.1) is 6.92 Å². The third-order valence-corrected chi connectivity index (χ3v) is 5.40. The Balaban J connectivity index is 1.93. The summed E-state index contributed by atoms with van der Waals surface area (Å²) in [5.74, 6) is 0.654. The molecule has 0 atom stereocenters. The number of allylic oxidation sites excluding steroid dienone is 2. The molecule has 8 heteroatoms. The van der Waals surface area contributed by atoms with Crippen molar-refractivity contribution >= 4 is 34.4 Å². The van der Waals surface area contributed by atoms with Crippen molar-refractivity contribution in [2.75, 3.05) is 11.4 Å². The minimum Gasteiger partial charge on any atom is -0.310 e. The van der Waals surface area contributed by atoms with E-state index in [2.05, 4.69) is 4.98 Å². The molecule has 0 spiro atoms. The number of hydrogen-bond acceptors (Lipinski definition) is 4. The van der Waals surface area contributed by atoms with E-state index in [1.807, 2.05) is 47.6 Å². The third kappa shape index (κ3) is 2.61. The standard InChI is InChI=1S/C19H20ClN5O2/c1-4-5-8-25-17(26)15-16(22(3)19(25)27)21-18-23(9-10-24(15)18)13-7-6-12(2)14(20)11-13/h4-7,11H,8-10H2,1-3H3. The van der Waals surface area contributed by atoms with Crippen LogP contribution in [0.1, 0.15) is 12.5 Å². The Hall–Kier alpha value is -2.80. The van der Waals surface area contributed by atoms with Crippen LogP contribution in [0.25, 0.3) is 11.2 Å². The third-order valence-electron chi connectivity index (χ3n) is 4.99. The number of nitrogens with zero attached hydrogens (tertiary/aromatic N) is 5. The van der Waals surface area contributed by atoms with E-state index in [-0.39, 0.29) is 17.8 Å². The van der Waals surface area contributed by atoms with Crippen LogP contribution in [-0.4, -0.2) is 25.2 Å². The fourth-order valence-electron chi connectivity index (χ4n) is 3.44. The number of halogens is 1. The van der Waals surface area contributed by atoms with Crippen LogP contribution in [0.4, 0.5) is 11.6 Å². The van der Waals surface area contributed by atoms with Crippen molar-refractivity contribution in [1.29, 1.82) is 0 Å². The Morgan fingerprint density at radius 1 is 1.26 bits per heavy atom. The molecule has 0 unspecified atom stereocenters. The van der Waals surface area contributed by atoms with Crippen molar-refractivity contribution in [1.82, 2.24) is 18.7 Å². The Morgan fingerprint density at radius 3 is 2.74 bits per heavy atom. The lowest BCUT2D eigenvalue weighted by atomic mass is 10.2. The number of fused-ring (bicyclic) bond motifs is 3. The molecule has 0 bridgehead atoms. The first-order chi connectivity index (χ1) is 12.9. The lowest BCUT2D eigenvalue weighted by molar-refractivity contribution is 0.661. The van der Waals surface area contributed by atoms with Crippen LogP contribution in [0.15, 0.2) is 39.9 Å². The second kappa shape index (κ2) is 6.42. The number of aryl methyl sites for hydroxylation is 2. The van der Waals surface area contributed by atoms with Gasteiger partial charge in [-0.05, 0) is 31.5 Å². The van der Waals surface area contributed by atoms with E-state index in [1.54, 1.807) is 13.1 Å². The van der Waals surface area contributed by atoms with Gasteiger partial charge in [-0.25, -0.2) is 4.79 Å². The molecule has 0 saturated heterocycles. The minimum atomic E-state index is -0.368. The highest BCUT2D eigenvalue weighted by Gasteiger charge is 2.28. The van der Waals surface area contributed by atoms with Gasteiger partial charge >= 0.3 is 5.69 Å². The Labute approximate surface area is 160 Å². The van der Waals surface area contributed by atoms with Gasteiger partial charge in [0.15, 0.2) is 11.2 Å². The number of hydrogen-bond donors (Lipinski definition) is 0. The van der Waals surface area contributed by atoms with Crippen molar-refractivity contribution in [3.63, 3.8) is 0 Å². The normalized spacial score (nSPS) is 13.9. The van der Waals surface area contributed by atoms with Gasteiger partial charge in [0.05, 0.1) is 0 Å². The van der Waals surface area contributed by atoms with Crippen LogP contribution >= 0.6 is 11.6 Å². The first kappa shape index (κ1) is 17.6. The smallest absolute Gasteiger partial charge is 0.310 e. The van der Waals surface area contributed by atoms with Gasteiger partial charge in [0, 0.05) is 37.4 Å². The second-order valence-electron chi connectivity index (χ2n) is 6.65. The fraction of sp³-hybridized carbons (Fsp3) is 0.316. The molecule has 0 amide bonds.